The fraction of sp³-hybridized carbons (Fsp3) is 0.419. The first-order valence-corrected chi connectivity index (χ1v) is 15.5. The average Bonchev–Trinajstić information content (AvgIpc) is 3.32. The highest BCUT2D eigenvalue weighted by molar-refractivity contribution is 7.46. The standard InChI is InChI=1S/C31H36NO6P/c1-4-6-10-17-31(18-11-7-5-2)24-15-9-8-13-21(24)20(3)28-27-23(19-32(28)31)30(34)26-22(29(27)33)14-12-16-25(26)38-39(35,36)37/h8-9,12-16,19-20H,4-7,10-11,17-18H2,1-3H3,(H2,35,36,37). The average molecular weight is 550 g/mol. The van der Waals surface area contributed by atoms with Crippen molar-refractivity contribution in [2.45, 2.75) is 83.6 Å². The van der Waals surface area contributed by atoms with Crippen molar-refractivity contribution in [3.63, 3.8) is 0 Å². The van der Waals surface area contributed by atoms with Gasteiger partial charge < -0.3 is 9.09 Å². The number of phosphoric ester groups is 1. The van der Waals surface area contributed by atoms with Gasteiger partial charge in [-0.3, -0.25) is 19.4 Å². The summed E-state index contributed by atoms with van der Waals surface area (Å²) in [4.78, 5) is 47.0. The number of hydrogen-bond donors (Lipinski definition) is 2. The van der Waals surface area contributed by atoms with Crippen LogP contribution in [0.25, 0.3) is 0 Å². The van der Waals surface area contributed by atoms with Crippen LogP contribution < -0.4 is 4.52 Å². The number of carbonyl (C=O) groups excluding carboxylic acids is 2. The Morgan fingerprint density at radius 1 is 0.872 bits per heavy atom. The van der Waals surface area contributed by atoms with Crippen molar-refractivity contribution in [1.82, 2.24) is 4.57 Å². The van der Waals surface area contributed by atoms with Crippen molar-refractivity contribution in [3.8, 4) is 5.75 Å². The molecule has 0 amide bonds. The number of rotatable bonds is 10. The first-order chi connectivity index (χ1) is 18.6. The summed E-state index contributed by atoms with van der Waals surface area (Å²) in [6.07, 6.45) is 10.1. The second-order valence-electron chi connectivity index (χ2n) is 10.8. The lowest BCUT2D eigenvalue weighted by atomic mass is 9.71. The summed E-state index contributed by atoms with van der Waals surface area (Å²) in [5.74, 6) is -1.14. The minimum Gasteiger partial charge on any atom is -0.403 e. The summed E-state index contributed by atoms with van der Waals surface area (Å²) in [7, 11) is -4.94. The number of unbranched alkanes of at least 4 members (excludes halogenated alkanes) is 4. The van der Waals surface area contributed by atoms with Crippen LogP contribution in [0.15, 0.2) is 48.7 Å². The molecule has 1 unspecified atom stereocenters. The van der Waals surface area contributed by atoms with Gasteiger partial charge in [0.15, 0.2) is 11.6 Å². The number of hydrogen-bond acceptors (Lipinski definition) is 4. The van der Waals surface area contributed by atoms with Crippen LogP contribution in [0, 0.1) is 0 Å². The van der Waals surface area contributed by atoms with E-state index in [9.17, 15) is 23.9 Å². The molecule has 1 atom stereocenters. The van der Waals surface area contributed by atoms with E-state index < -0.39 is 19.1 Å². The van der Waals surface area contributed by atoms with Gasteiger partial charge in [-0.15, -0.1) is 0 Å². The minimum absolute atomic E-state index is 0.0889. The molecule has 0 bridgehead atoms. The lowest BCUT2D eigenvalue weighted by Gasteiger charge is -2.45. The van der Waals surface area contributed by atoms with Crippen LogP contribution in [0.3, 0.4) is 0 Å². The molecule has 1 aliphatic heterocycles. The molecule has 0 saturated carbocycles. The topological polar surface area (TPSA) is 106 Å². The van der Waals surface area contributed by atoms with Crippen LogP contribution in [0.5, 0.6) is 5.75 Å². The lowest BCUT2D eigenvalue weighted by Crippen LogP contribution is -2.41. The number of carbonyl (C=O) groups is 2. The zero-order chi connectivity index (χ0) is 27.9. The molecule has 0 radical (unpaired) electrons. The van der Waals surface area contributed by atoms with E-state index >= 15 is 0 Å². The van der Waals surface area contributed by atoms with Gasteiger partial charge in [-0.05, 0) is 30.0 Å². The van der Waals surface area contributed by atoms with E-state index in [-0.39, 0.29) is 34.1 Å². The van der Waals surface area contributed by atoms with Gasteiger partial charge in [0, 0.05) is 23.4 Å². The van der Waals surface area contributed by atoms with E-state index in [1.807, 2.05) is 12.3 Å². The second-order valence-corrected chi connectivity index (χ2v) is 12.0. The number of fused-ring (bicyclic) bond motifs is 5. The van der Waals surface area contributed by atoms with Crippen LogP contribution in [0.1, 0.15) is 127 Å². The highest BCUT2D eigenvalue weighted by Crippen LogP contribution is 2.52. The summed E-state index contributed by atoms with van der Waals surface area (Å²) in [6.45, 7) is 6.46. The predicted molar refractivity (Wildman–Crippen MR) is 150 cm³/mol. The van der Waals surface area contributed by atoms with E-state index in [0.717, 1.165) is 57.1 Å². The molecule has 0 fully saturated rings. The van der Waals surface area contributed by atoms with Crippen molar-refractivity contribution < 1.29 is 28.5 Å². The smallest absolute Gasteiger partial charge is 0.403 e. The van der Waals surface area contributed by atoms with Gasteiger partial charge >= 0.3 is 7.82 Å². The van der Waals surface area contributed by atoms with E-state index in [0.29, 0.717) is 5.56 Å². The van der Waals surface area contributed by atoms with Gasteiger partial charge in [-0.2, -0.15) is 0 Å². The molecule has 8 heteroatoms. The molecule has 1 aliphatic carbocycles. The Morgan fingerprint density at radius 3 is 2.15 bits per heavy atom. The van der Waals surface area contributed by atoms with E-state index in [4.69, 9.17) is 4.52 Å². The Balaban J connectivity index is 1.75. The maximum atomic E-state index is 14.1. The van der Waals surface area contributed by atoms with Gasteiger partial charge in [0.1, 0.15) is 5.75 Å². The van der Waals surface area contributed by atoms with Gasteiger partial charge in [-0.25, -0.2) is 4.57 Å². The molecule has 39 heavy (non-hydrogen) atoms. The predicted octanol–water partition coefficient (Wildman–Crippen LogP) is 7.10. The molecule has 7 nitrogen and oxygen atoms in total. The van der Waals surface area contributed by atoms with Crippen molar-refractivity contribution in [1.29, 1.82) is 0 Å². The first-order valence-electron chi connectivity index (χ1n) is 14.0. The van der Waals surface area contributed by atoms with Crippen LogP contribution in [0.2, 0.25) is 0 Å². The number of nitrogens with zero attached hydrogens (tertiary/aromatic N) is 1. The third kappa shape index (κ3) is 4.61. The molecule has 2 N–H and O–H groups in total. The van der Waals surface area contributed by atoms with Crippen LogP contribution in [-0.2, 0) is 10.1 Å². The quantitative estimate of drug-likeness (QED) is 0.161. The normalized spacial score (nSPS) is 17.3. The summed E-state index contributed by atoms with van der Waals surface area (Å²) >= 11 is 0. The third-order valence-corrected chi connectivity index (χ3v) is 8.85. The molecular weight excluding hydrogens is 513 g/mol. The fourth-order valence-electron chi connectivity index (χ4n) is 6.69. The number of ketones is 2. The molecule has 1 aromatic heterocycles. The van der Waals surface area contributed by atoms with Gasteiger partial charge in [-0.1, -0.05) is 95.7 Å². The monoisotopic (exact) mass is 549 g/mol. The summed E-state index contributed by atoms with van der Waals surface area (Å²) < 4.78 is 18.7. The molecule has 5 rings (SSSR count). The number of phosphoric acid groups is 1. The molecule has 2 aliphatic rings. The van der Waals surface area contributed by atoms with E-state index in [1.165, 1.54) is 29.3 Å². The first kappa shape index (κ1) is 27.6. The fourth-order valence-corrected chi connectivity index (χ4v) is 7.09. The number of benzene rings is 2. The zero-order valence-electron chi connectivity index (χ0n) is 22.8. The van der Waals surface area contributed by atoms with Gasteiger partial charge in [0.2, 0.25) is 0 Å². The largest absolute Gasteiger partial charge is 0.524 e. The molecule has 0 spiro atoms. The van der Waals surface area contributed by atoms with Crippen molar-refractivity contribution in [2.24, 2.45) is 0 Å². The Hall–Kier alpha value is -2.99. The van der Waals surface area contributed by atoms with Crippen LogP contribution >= 0.6 is 7.82 Å². The Kier molecular flexibility index (Phi) is 7.45. The SMILES string of the molecule is CCCCCC1(CCCCC)c2ccccc2C(C)c2c3c(cn21)C(=O)c1c(OP(=O)(O)O)cccc1C3=O. The summed E-state index contributed by atoms with van der Waals surface area (Å²) in [5.41, 5.74) is 3.60. The minimum atomic E-state index is -4.94. The highest BCUT2D eigenvalue weighted by atomic mass is 31.2. The van der Waals surface area contributed by atoms with Crippen LogP contribution in [0.4, 0.5) is 0 Å². The molecular formula is C31H36NO6P. The Morgan fingerprint density at radius 2 is 1.51 bits per heavy atom. The van der Waals surface area contributed by atoms with Crippen molar-refractivity contribution in [2.75, 3.05) is 0 Å². The number of aromatic nitrogens is 1. The van der Waals surface area contributed by atoms with E-state index in [1.54, 1.807) is 0 Å². The lowest BCUT2D eigenvalue weighted by molar-refractivity contribution is 0.0977. The molecule has 0 saturated heterocycles. The van der Waals surface area contributed by atoms with Crippen LogP contribution in [-0.4, -0.2) is 25.9 Å². The third-order valence-electron chi connectivity index (χ3n) is 8.42. The molecule has 2 heterocycles. The molecule has 3 aromatic rings. The van der Waals surface area contributed by atoms with Gasteiger partial charge in [0.25, 0.3) is 0 Å². The molecule has 2 aromatic carbocycles. The maximum Gasteiger partial charge on any atom is 0.524 e. The summed E-state index contributed by atoms with van der Waals surface area (Å²) in [6, 6.07) is 12.8. The van der Waals surface area contributed by atoms with Crippen molar-refractivity contribution in [3.05, 3.63) is 87.7 Å². The second kappa shape index (κ2) is 10.5. The Bertz CT molecular complexity index is 1470. The molecule has 206 valence electrons. The van der Waals surface area contributed by atoms with Crippen molar-refractivity contribution >= 4 is 19.4 Å². The van der Waals surface area contributed by atoms with Gasteiger partial charge in [0.05, 0.1) is 22.2 Å². The Labute approximate surface area is 229 Å². The summed E-state index contributed by atoms with van der Waals surface area (Å²) in [5, 5.41) is 0. The highest BCUT2D eigenvalue weighted by Gasteiger charge is 2.47. The maximum absolute atomic E-state index is 14.1. The zero-order valence-corrected chi connectivity index (χ0v) is 23.7. The van der Waals surface area contributed by atoms with E-state index in [2.05, 4.69) is 43.5 Å².